The molecule has 1 fully saturated rings. The fourth-order valence-corrected chi connectivity index (χ4v) is 4.21. The molecular weight excluding hydrogens is 404 g/mol. The molecule has 0 saturated carbocycles. The number of urea groups is 1. The number of imide groups is 1. The summed E-state index contributed by atoms with van der Waals surface area (Å²) < 4.78 is 2.02. The van der Waals surface area contributed by atoms with E-state index in [1.807, 2.05) is 30.5 Å². The third-order valence-electron chi connectivity index (χ3n) is 6.23. The summed E-state index contributed by atoms with van der Waals surface area (Å²) in [5.41, 5.74) is 4.64. The fourth-order valence-electron chi connectivity index (χ4n) is 4.21. The van der Waals surface area contributed by atoms with Gasteiger partial charge in [0.1, 0.15) is 0 Å². The van der Waals surface area contributed by atoms with E-state index in [4.69, 9.17) is 0 Å². The monoisotopic (exact) mass is 430 g/mol. The fraction of sp³-hybridized carbons (Fsp3) is 0.280. The predicted molar refractivity (Wildman–Crippen MR) is 121 cm³/mol. The van der Waals surface area contributed by atoms with Crippen LogP contribution in [0.1, 0.15) is 45.5 Å². The molecule has 1 atom stereocenters. The second-order valence-electron chi connectivity index (χ2n) is 8.47. The Morgan fingerprint density at radius 2 is 1.78 bits per heavy atom. The third-order valence-corrected chi connectivity index (χ3v) is 6.23. The number of hydrogen-bond acceptors (Lipinski definition) is 4. The summed E-state index contributed by atoms with van der Waals surface area (Å²) in [4.78, 5) is 44.1. The van der Waals surface area contributed by atoms with Gasteiger partial charge in [0.2, 0.25) is 0 Å². The van der Waals surface area contributed by atoms with Crippen molar-refractivity contribution in [3.8, 4) is 5.69 Å². The molecule has 7 heteroatoms. The maximum absolute atomic E-state index is 13.2. The molecule has 1 aliphatic rings. The minimum atomic E-state index is -1.30. The zero-order chi connectivity index (χ0) is 23.2. The topological polar surface area (TPSA) is 84.3 Å². The number of nitrogens with zero attached hydrogens (tertiary/aromatic N) is 3. The number of nitrogens with one attached hydrogen (secondary N) is 1. The number of Topliss-reactive ketones (excluding diaryl/α,β-unsaturated/α-hetero) is 1. The maximum Gasteiger partial charge on any atom is 0.325 e. The van der Waals surface area contributed by atoms with Gasteiger partial charge in [-0.2, -0.15) is 0 Å². The first kappa shape index (κ1) is 21.5. The van der Waals surface area contributed by atoms with Crippen molar-refractivity contribution in [1.82, 2.24) is 19.8 Å². The van der Waals surface area contributed by atoms with Crippen LogP contribution in [0, 0.1) is 27.7 Å². The molecule has 1 saturated heterocycles. The lowest BCUT2D eigenvalue weighted by molar-refractivity contribution is -0.130. The van der Waals surface area contributed by atoms with Gasteiger partial charge < -0.3 is 9.88 Å². The van der Waals surface area contributed by atoms with E-state index in [1.165, 1.54) is 5.56 Å². The summed E-state index contributed by atoms with van der Waals surface area (Å²) >= 11 is 0. The normalized spacial score (nSPS) is 18.2. The Morgan fingerprint density at radius 1 is 1.03 bits per heavy atom. The van der Waals surface area contributed by atoms with Gasteiger partial charge in [0, 0.05) is 28.8 Å². The summed E-state index contributed by atoms with van der Waals surface area (Å²) in [6.07, 6.45) is 1.56. The molecule has 0 aliphatic carbocycles. The van der Waals surface area contributed by atoms with Crippen LogP contribution in [0.2, 0.25) is 0 Å². The van der Waals surface area contributed by atoms with E-state index in [0.717, 1.165) is 27.5 Å². The Kier molecular flexibility index (Phi) is 5.20. The number of benzene rings is 1. The van der Waals surface area contributed by atoms with Crippen molar-refractivity contribution in [3.63, 3.8) is 0 Å². The van der Waals surface area contributed by atoms with Gasteiger partial charge in [0.15, 0.2) is 11.3 Å². The summed E-state index contributed by atoms with van der Waals surface area (Å²) in [6.45, 7) is 9.19. The number of aryl methyl sites for hydroxylation is 3. The van der Waals surface area contributed by atoms with Crippen LogP contribution in [0.3, 0.4) is 0 Å². The highest BCUT2D eigenvalue weighted by molar-refractivity contribution is 6.11. The zero-order valence-corrected chi connectivity index (χ0v) is 18.9. The van der Waals surface area contributed by atoms with Crippen LogP contribution < -0.4 is 5.32 Å². The molecule has 1 aliphatic heterocycles. The number of carbonyl (C=O) groups excluding carboxylic acids is 3. The van der Waals surface area contributed by atoms with Crippen molar-refractivity contribution in [1.29, 1.82) is 0 Å². The van der Waals surface area contributed by atoms with Gasteiger partial charge in [-0.25, -0.2) is 4.79 Å². The first-order valence-electron chi connectivity index (χ1n) is 10.5. The molecule has 32 heavy (non-hydrogen) atoms. The highest BCUT2D eigenvalue weighted by Gasteiger charge is 2.50. The maximum atomic E-state index is 13.2. The Balaban J connectivity index is 1.62. The highest BCUT2D eigenvalue weighted by atomic mass is 16.2. The highest BCUT2D eigenvalue weighted by Crippen LogP contribution is 2.28. The van der Waals surface area contributed by atoms with Gasteiger partial charge in [-0.15, -0.1) is 0 Å². The number of rotatable bonds is 5. The molecule has 0 radical (unpaired) electrons. The molecule has 3 heterocycles. The van der Waals surface area contributed by atoms with Gasteiger partial charge in [-0.1, -0.05) is 12.1 Å². The lowest BCUT2D eigenvalue weighted by Gasteiger charge is -2.20. The molecule has 3 amide bonds. The minimum Gasteiger partial charge on any atom is -0.318 e. The van der Waals surface area contributed by atoms with E-state index < -0.39 is 17.5 Å². The van der Waals surface area contributed by atoms with E-state index in [2.05, 4.69) is 36.3 Å². The van der Waals surface area contributed by atoms with Crippen LogP contribution in [0.25, 0.3) is 5.69 Å². The van der Waals surface area contributed by atoms with Gasteiger partial charge in [0.05, 0.1) is 12.2 Å². The third kappa shape index (κ3) is 3.39. The van der Waals surface area contributed by atoms with Crippen LogP contribution in [0.15, 0.2) is 48.7 Å². The molecule has 7 nitrogen and oxygen atoms in total. The van der Waals surface area contributed by atoms with E-state index >= 15 is 0 Å². The summed E-state index contributed by atoms with van der Waals surface area (Å²) in [7, 11) is 0. The van der Waals surface area contributed by atoms with Crippen molar-refractivity contribution in [2.24, 2.45) is 0 Å². The Morgan fingerprint density at radius 3 is 2.44 bits per heavy atom. The van der Waals surface area contributed by atoms with Gasteiger partial charge >= 0.3 is 6.03 Å². The minimum absolute atomic E-state index is 0.290. The first-order valence-corrected chi connectivity index (χ1v) is 10.5. The second-order valence-corrected chi connectivity index (χ2v) is 8.47. The van der Waals surface area contributed by atoms with Crippen LogP contribution in [-0.4, -0.2) is 38.7 Å². The molecule has 164 valence electrons. The number of hydrogen-bond donors (Lipinski definition) is 1. The van der Waals surface area contributed by atoms with Crippen molar-refractivity contribution in [2.45, 2.75) is 40.2 Å². The van der Waals surface area contributed by atoms with Crippen molar-refractivity contribution in [2.75, 3.05) is 6.54 Å². The Hall–Kier alpha value is -3.74. The van der Waals surface area contributed by atoms with E-state index in [1.54, 1.807) is 31.3 Å². The molecule has 1 N–H and O–H groups in total. The summed E-state index contributed by atoms with van der Waals surface area (Å²) in [6, 6.07) is 12.5. The lowest BCUT2D eigenvalue weighted by atomic mass is 9.97. The number of aromatic nitrogens is 2. The van der Waals surface area contributed by atoms with Crippen LogP contribution in [0.5, 0.6) is 0 Å². The smallest absolute Gasteiger partial charge is 0.318 e. The van der Waals surface area contributed by atoms with E-state index in [9.17, 15) is 14.4 Å². The second kappa shape index (κ2) is 7.75. The molecule has 0 bridgehead atoms. The standard InChI is InChI=1S/C25H26N4O3/c1-15-9-10-19(12-16(15)2)29-17(3)13-20(18(29)4)21(30)14-28-23(31)25(5,27-24(28)32)22-8-6-7-11-26-22/h6-13H,14H2,1-5H3,(H,27,32). The van der Waals surface area contributed by atoms with Crippen molar-refractivity contribution >= 4 is 17.7 Å². The average molecular weight is 431 g/mol. The van der Waals surface area contributed by atoms with Crippen LogP contribution in [-0.2, 0) is 10.3 Å². The summed E-state index contributed by atoms with van der Waals surface area (Å²) in [5, 5.41) is 2.69. The van der Waals surface area contributed by atoms with E-state index in [-0.39, 0.29) is 12.3 Å². The number of carbonyl (C=O) groups is 3. The molecular formula is C25H26N4O3. The van der Waals surface area contributed by atoms with Gasteiger partial charge in [0.25, 0.3) is 5.91 Å². The molecule has 0 spiro atoms. The lowest BCUT2D eigenvalue weighted by Crippen LogP contribution is -2.42. The van der Waals surface area contributed by atoms with Gasteiger partial charge in [-0.3, -0.25) is 19.5 Å². The van der Waals surface area contributed by atoms with Crippen molar-refractivity contribution in [3.05, 3.63) is 82.4 Å². The van der Waals surface area contributed by atoms with E-state index in [0.29, 0.717) is 11.3 Å². The molecule has 1 unspecified atom stereocenters. The number of pyridine rings is 1. The SMILES string of the molecule is Cc1ccc(-n2c(C)cc(C(=O)CN3C(=O)NC(C)(c4ccccn4)C3=O)c2C)cc1C. The number of ketones is 1. The van der Waals surface area contributed by atoms with Crippen molar-refractivity contribution < 1.29 is 14.4 Å². The molecule has 3 aromatic rings. The van der Waals surface area contributed by atoms with Gasteiger partial charge in [-0.05, 0) is 76.1 Å². The quantitative estimate of drug-likeness (QED) is 0.493. The largest absolute Gasteiger partial charge is 0.325 e. The first-order chi connectivity index (χ1) is 15.1. The van der Waals surface area contributed by atoms with Crippen LogP contribution >= 0.6 is 0 Å². The zero-order valence-electron chi connectivity index (χ0n) is 18.9. The average Bonchev–Trinajstić information content (AvgIpc) is 3.18. The number of amides is 3. The Labute approximate surface area is 187 Å². The Bertz CT molecular complexity index is 1250. The predicted octanol–water partition coefficient (Wildman–Crippen LogP) is 3.76. The summed E-state index contributed by atoms with van der Waals surface area (Å²) in [5.74, 6) is -0.778. The molecule has 2 aromatic heterocycles. The molecule has 1 aromatic carbocycles. The van der Waals surface area contributed by atoms with Crippen LogP contribution in [0.4, 0.5) is 4.79 Å². The molecule has 4 rings (SSSR count).